The van der Waals surface area contributed by atoms with E-state index in [0.29, 0.717) is 5.69 Å². The maximum atomic E-state index is 13.1. The number of rotatable bonds is 4. The van der Waals surface area contributed by atoms with Gasteiger partial charge in [-0.15, -0.1) is 0 Å². The van der Waals surface area contributed by atoms with Gasteiger partial charge in [0.2, 0.25) is 0 Å². The number of aromatic nitrogens is 2. The van der Waals surface area contributed by atoms with Gasteiger partial charge in [-0.1, -0.05) is 6.07 Å². The molecule has 1 heterocycles. The second-order valence-electron chi connectivity index (χ2n) is 3.39. The Bertz CT molecular complexity index is 667. The highest BCUT2D eigenvalue weighted by atomic mass is 31.1. The Morgan fingerprint density at radius 3 is 2.95 bits per heavy atom. The van der Waals surface area contributed by atoms with E-state index in [-0.39, 0.29) is 11.5 Å². The minimum absolute atomic E-state index is 0.0490. The summed E-state index contributed by atoms with van der Waals surface area (Å²) in [6.45, 7) is 0. The highest BCUT2D eigenvalue weighted by Gasteiger charge is 2.10. The number of benzene rings is 1. The van der Waals surface area contributed by atoms with E-state index in [1.165, 1.54) is 28.9 Å². The van der Waals surface area contributed by atoms with Crippen molar-refractivity contribution in [2.75, 3.05) is 5.48 Å². The summed E-state index contributed by atoms with van der Waals surface area (Å²) >= 11 is 0. The highest BCUT2D eigenvalue weighted by Crippen LogP contribution is 2.21. The van der Waals surface area contributed by atoms with Crippen molar-refractivity contribution >= 4 is 14.1 Å². The predicted octanol–water partition coefficient (Wildman–Crippen LogP) is 1.61. The zero-order valence-corrected chi connectivity index (χ0v) is 10.4. The van der Waals surface area contributed by atoms with Crippen molar-refractivity contribution in [1.29, 1.82) is 5.26 Å². The fraction of sp³-hybridized carbons (Fsp3) is 0. The molecule has 1 atom stereocenters. The van der Waals surface area contributed by atoms with Crippen LogP contribution in [0.1, 0.15) is 5.69 Å². The predicted molar refractivity (Wildman–Crippen MR) is 64.2 cm³/mol. The average molecular weight is 282 g/mol. The smallest absolute Gasteiger partial charge is 0.325 e. The molecule has 1 aromatic carbocycles. The maximum Gasteiger partial charge on any atom is 0.337 e. The first kappa shape index (κ1) is 13.2. The Labute approximate surface area is 107 Å². The van der Waals surface area contributed by atoms with Gasteiger partial charge >= 0.3 is 8.25 Å². The molecule has 0 aliphatic rings. The molecule has 0 spiro atoms. The monoisotopic (exact) mass is 282 g/mol. The minimum atomic E-state index is -3.19. The first-order valence-corrected chi connectivity index (χ1v) is 6.28. The van der Waals surface area contributed by atoms with Crippen LogP contribution >= 0.6 is 8.25 Å². The van der Waals surface area contributed by atoms with Crippen molar-refractivity contribution in [1.82, 2.24) is 9.78 Å². The van der Waals surface area contributed by atoms with Crippen LogP contribution in [0.5, 0.6) is 0 Å². The van der Waals surface area contributed by atoms with Crippen molar-refractivity contribution in [3.05, 3.63) is 41.8 Å². The quantitative estimate of drug-likeness (QED) is 0.652. The Kier molecular flexibility index (Phi) is 3.92. The van der Waals surface area contributed by atoms with Gasteiger partial charge in [0.05, 0.1) is 5.69 Å². The zero-order chi connectivity index (χ0) is 13.8. The third-order valence-electron chi connectivity index (χ3n) is 2.12. The molecule has 0 saturated heterocycles. The molecule has 98 valence electrons. The van der Waals surface area contributed by atoms with E-state index in [1.807, 2.05) is 0 Å². The number of anilines is 1. The molecule has 1 unspecified atom stereocenters. The van der Waals surface area contributed by atoms with Gasteiger partial charge in [0.25, 0.3) is 0 Å². The van der Waals surface area contributed by atoms with Crippen LogP contribution in [0, 0.1) is 17.1 Å². The molecule has 0 aliphatic carbocycles. The third-order valence-corrected chi connectivity index (χ3v) is 2.40. The van der Waals surface area contributed by atoms with E-state index < -0.39 is 14.1 Å². The zero-order valence-electron chi connectivity index (χ0n) is 9.37. The maximum absolute atomic E-state index is 13.1. The molecule has 2 rings (SSSR count). The van der Waals surface area contributed by atoms with Crippen molar-refractivity contribution in [2.24, 2.45) is 0 Å². The van der Waals surface area contributed by atoms with Crippen molar-refractivity contribution in [3.8, 4) is 11.8 Å². The molecular weight excluding hydrogens is 274 g/mol. The third kappa shape index (κ3) is 3.17. The molecule has 7 nitrogen and oxygen atoms in total. The largest absolute Gasteiger partial charge is 0.337 e. The van der Waals surface area contributed by atoms with Gasteiger partial charge in [-0.2, -0.15) is 15.0 Å². The number of hydrogen-bond acceptors (Lipinski definition) is 5. The van der Waals surface area contributed by atoms with Crippen molar-refractivity contribution < 1.29 is 18.5 Å². The summed E-state index contributed by atoms with van der Waals surface area (Å²) in [5.41, 5.74) is 2.58. The average Bonchev–Trinajstić information content (AvgIpc) is 2.79. The number of halogens is 1. The van der Waals surface area contributed by atoms with Crippen LogP contribution in [-0.2, 0) is 9.19 Å². The van der Waals surface area contributed by atoms with Crippen LogP contribution in [0.15, 0.2) is 30.3 Å². The lowest BCUT2D eigenvalue weighted by Crippen LogP contribution is -2.04. The SMILES string of the molecule is N#Cc1cc(NO[PH](=O)O)n(-c2cccc(F)c2)n1. The summed E-state index contributed by atoms with van der Waals surface area (Å²) in [4.78, 5) is 8.59. The summed E-state index contributed by atoms with van der Waals surface area (Å²) in [7, 11) is -3.19. The minimum Gasteiger partial charge on any atom is -0.325 e. The Morgan fingerprint density at radius 1 is 1.53 bits per heavy atom. The van der Waals surface area contributed by atoms with Gasteiger partial charge in [0.15, 0.2) is 11.5 Å². The Morgan fingerprint density at radius 2 is 2.32 bits per heavy atom. The van der Waals surface area contributed by atoms with Gasteiger partial charge in [-0.05, 0) is 18.2 Å². The summed E-state index contributed by atoms with van der Waals surface area (Å²) in [6, 6.07) is 8.59. The molecule has 2 aromatic rings. The van der Waals surface area contributed by atoms with Gasteiger partial charge in [-0.25, -0.2) is 14.6 Å². The summed E-state index contributed by atoms with van der Waals surface area (Å²) in [6.07, 6.45) is 0. The second kappa shape index (κ2) is 5.63. The number of nitriles is 1. The van der Waals surface area contributed by atoms with Crippen LogP contribution in [0.2, 0.25) is 0 Å². The van der Waals surface area contributed by atoms with Crippen LogP contribution < -0.4 is 5.48 Å². The van der Waals surface area contributed by atoms with Crippen molar-refractivity contribution in [2.45, 2.75) is 0 Å². The van der Waals surface area contributed by atoms with E-state index in [0.717, 1.165) is 0 Å². The lowest BCUT2D eigenvalue weighted by molar-refractivity contribution is 0.336. The van der Waals surface area contributed by atoms with E-state index >= 15 is 0 Å². The molecule has 0 aliphatic heterocycles. The molecule has 2 N–H and O–H groups in total. The lowest BCUT2D eigenvalue weighted by Gasteiger charge is -2.07. The number of hydrogen-bond donors (Lipinski definition) is 2. The standard InChI is InChI=1S/C10H8FN4O3P/c11-7-2-1-3-9(4-7)15-10(14-18-19(16)17)5-8(6-12)13-15/h1-5,14,19H,(H,16,17). The lowest BCUT2D eigenvalue weighted by atomic mass is 10.3. The Balaban J connectivity index is 2.41. The molecule has 1 aromatic heterocycles. The first-order chi connectivity index (χ1) is 9.10. The molecule has 0 amide bonds. The van der Waals surface area contributed by atoms with Crippen molar-refractivity contribution in [3.63, 3.8) is 0 Å². The van der Waals surface area contributed by atoms with Gasteiger partial charge in [0, 0.05) is 6.07 Å². The van der Waals surface area contributed by atoms with E-state index in [2.05, 4.69) is 15.2 Å². The first-order valence-electron chi connectivity index (χ1n) is 5.02. The molecular formula is C10H8FN4O3P. The highest BCUT2D eigenvalue weighted by molar-refractivity contribution is 7.32. The van der Waals surface area contributed by atoms with Gasteiger partial charge in [-0.3, -0.25) is 4.57 Å². The summed E-state index contributed by atoms with van der Waals surface area (Å²) < 4.78 is 29.2. The number of nitrogens with one attached hydrogen (secondary N) is 1. The topological polar surface area (TPSA) is 100 Å². The molecule has 0 fully saturated rings. The molecule has 0 saturated carbocycles. The molecule has 0 bridgehead atoms. The molecule has 9 heteroatoms. The number of nitrogens with zero attached hydrogens (tertiary/aromatic N) is 3. The van der Waals surface area contributed by atoms with E-state index in [9.17, 15) is 8.96 Å². The van der Waals surface area contributed by atoms with Crippen LogP contribution in [-0.4, -0.2) is 14.7 Å². The van der Waals surface area contributed by atoms with Gasteiger partial charge < -0.3 is 4.89 Å². The molecule has 0 radical (unpaired) electrons. The fourth-order valence-corrected chi connectivity index (χ4v) is 1.60. The molecule has 19 heavy (non-hydrogen) atoms. The second-order valence-corrected chi connectivity index (χ2v) is 4.12. The fourth-order valence-electron chi connectivity index (χ4n) is 1.41. The van der Waals surface area contributed by atoms with Crippen LogP contribution in [0.3, 0.4) is 0 Å². The summed E-state index contributed by atoms with van der Waals surface area (Å²) in [5.74, 6) is -0.344. The van der Waals surface area contributed by atoms with Crippen LogP contribution in [0.4, 0.5) is 10.2 Å². The van der Waals surface area contributed by atoms with E-state index in [1.54, 1.807) is 12.1 Å². The van der Waals surface area contributed by atoms with E-state index in [4.69, 9.17) is 10.2 Å². The van der Waals surface area contributed by atoms with Crippen LogP contribution in [0.25, 0.3) is 5.69 Å². The van der Waals surface area contributed by atoms with Gasteiger partial charge in [0.1, 0.15) is 11.9 Å². The summed E-state index contributed by atoms with van der Waals surface area (Å²) in [5, 5.41) is 12.7. The Hall–Kier alpha value is -2.20. The normalized spacial score (nSPS) is 11.8.